The number of hydrogen-bond acceptors (Lipinski definition) is 5. The molecule has 3 aromatic rings. The van der Waals surface area contributed by atoms with E-state index in [4.69, 9.17) is 21.1 Å². The molecule has 1 amide bonds. The number of halogens is 3. The van der Waals surface area contributed by atoms with Gasteiger partial charge in [-0.25, -0.2) is 9.82 Å². The number of methoxy groups -OCH3 is 1. The van der Waals surface area contributed by atoms with Crippen LogP contribution in [-0.2, 0) is 17.9 Å². The van der Waals surface area contributed by atoms with Crippen molar-refractivity contribution in [3.8, 4) is 11.5 Å². The molecule has 168 valence electrons. The molecule has 32 heavy (non-hydrogen) atoms. The highest BCUT2D eigenvalue weighted by Gasteiger charge is 2.12. The quantitative estimate of drug-likeness (QED) is 0.340. The molecule has 7 nitrogen and oxygen atoms in total. The highest BCUT2D eigenvalue weighted by Crippen LogP contribution is 2.29. The Kier molecular flexibility index (Phi) is 7.87. The van der Waals surface area contributed by atoms with E-state index in [0.717, 1.165) is 15.9 Å². The summed E-state index contributed by atoms with van der Waals surface area (Å²) < 4.78 is 27.4. The summed E-state index contributed by atoms with van der Waals surface area (Å²) in [5.74, 6) is 0.0974. The predicted octanol–water partition coefficient (Wildman–Crippen LogP) is 4.79. The van der Waals surface area contributed by atoms with Crippen LogP contribution in [-0.4, -0.2) is 29.0 Å². The Hall–Kier alpha value is -2.91. The second kappa shape index (κ2) is 10.6. The van der Waals surface area contributed by atoms with E-state index < -0.39 is 5.82 Å². The molecule has 0 fully saturated rings. The van der Waals surface area contributed by atoms with Crippen LogP contribution in [0.5, 0.6) is 11.5 Å². The number of aromatic nitrogens is 2. The third kappa shape index (κ3) is 5.66. The highest BCUT2D eigenvalue weighted by atomic mass is 79.9. The van der Waals surface area contributed by atoms with Crippen molar-refractivity contribution in [3.63, 3.8) is 0 Å². The van der Waals surface area contributed by atoms with E-state index in [1.54, 1.807) is 28.9 Å². The van der Waals surface area contributed by atoms with Crippen LogP contribution in [0.1, 0.15) is 22.5 Å². The number of nitrogens with one attached hydrogen (secondary N) is 1. The molecule has 1 aromatic heterocycles. The van der Waals surface area contributed by atoms with E-state index in [9.17, 15) is 9.18 Å². The van der Waals surface area contributed by atoms with Crippen LogP contribution in [0, 0.1) is 19.7 Å². The Bertz CT molecular complexity index is 1150. The fraction of sp³-hybridized carbons (Fsp3) is 0.227. The fourth-order valence-corrected chi connectivity index (χ4v) is 3.38. The van der Waals surface area contributed by atoms with E-state index in [0.29, 0.717) is 17.1 Å². The van der Waals surface area contributed by atoms with E-state index in [-0.39, 0.29) is 29.6 Å². The zero-order chi connectivity index (χ0) is 23.3. The van der Waals surface area contributed by atoms with Crippen molar-refractivity contribution < 1.29 is 18.7 Å². The maximum absolute atomic E-state index is 13.9. The van der Waals surface area contributed by atoms with Crippen molar-refractivity contribution in [3.05, 3.63) is 74.2 Å². The molecule has 0 saturated heterocycles. The Morgan fingerprint density at radius 1 is 1.31 bits per heavy atom. The first kappa shape index (κ1) is 23.7. The summed E-state index contributed by atoms with van der Waals surface area (Å²) in [7, 11) is 1.49. The second-order valence-electron chi connectivity index (χ2n) is 6.83. The predicted molar refractivity (Wildman–Crippen MR) is 124 cm³/mol. The fourth-order valence-electron chi connectivity index (χ4n) is 2.88. The zero-order valence-electron chi connectivity index (χ0n) is 17.7. The van der Waals surface area contributed by atoms with Gasteiger partial charge in [0.05, 0.1) is 34.2 Å². The topological polar surface area (TPSA) is 77.7 Å². The van der Waals surface area contributed by atoms with Gasteiger partial charge < -0.3 is 9.47 Å². The summed E-state index contributed by atoms with van der Waals surface area (Å²) in [5.41, 5.74) is 5.08. The molecule has 3 rings (SSSR count). The molecule has 0 atom stereocenters. The minimum atomic E-state index is -0.441. The van der Waals surface area contributed by atoms with E-state index >= 15 is 0 Å². The molecule has 0 bridgehead atoms. The van der Waals surface area contributed by atoms with Gasteiger partial charge in [-0.1, -0.05) is 17.7 Å². The van der Waals surface area contributed by atoms with Crippen LogP contribution in [0.25, 0.3) is 0 Å². The number of amides is 1. The number of hydrazone groups is 1. The van der Waals surface area contributed by atoms with Gasteiger partial charge >= 0.3 is 0 Å². The third-order valence-electron chi connectivity index (χ3n) is 4.61. The molecule has 0 spiro atoms. The molecule has 10 heteroatoms. The van der Waals surface area contributed by atoms with Crippen molar-refractivity contribution in [2.75, 3.05) is 7.11 Å². The van der Waals surface area contributed by atoms with Gasteiger partial charge in [0.2, 0.25) is 0 Å². The molecular formula is C22H21BrClFN4O3. The zero-order valence-corrected chi connectivity index (χ0v) is 20.0. The first-order valence-corrected chi connectivity index (χ1v) is 10.7. The average molecular weight is 524 g/mol. The van der Waals surface area contributed by atoms with Crippen LogP contribution >= 0.6 is 27.5 Å². The summed E-state index contributed by atoms with van der Waals surface area (Å²) in [4.78, 5) is 12.1. The van der Waals surface area contributed by atoms with Gasteiger partial charge in [-0.2, -0.15) is 10.2 Å². The summed E-state index contributed by atoms with van der Waals surface area (Å²) in [6.07, 6.45) is 1.48. The lowest BCUT2D eigenvalue weighted by atomic mass is 10.2. The number of carbonyl (C=O) groups excluding carboxylic acids is 1. The summed E-state index contributed by atoms with van der Waals surface area (Å²) >= 11 is 9.47. The number of nitrogens with zero attached hydrogens (tertiary/aromatic N) is 3. The first-order valence-electron chi connectivity index (χ1n) is 9.55. The van der Waals surface area contributed by atoms with Crippen molar-refractivity contribution in [1.29, 1.82) is 0 Å². The molecule has 2 aromatic carbocycles. The smallest absolute Gasteiger partial charge is 0.261 e. The Morgan fingerprint density at radius 3 is 2.75 bits per heavy atom. The lowest BCUT2D eigenvalue weighted by molar-refractivity contribution is -0.121. The van der Waals surface area contributed by atoms with Gasteiger partial charge in [-0.05, 0) is 65.7 Å². The van der Waals surface area contributed by atoms with E-state index in [1.807, 2.05) is 13.8 Å². The van der Waals surface area contributed by atoms with E-state index in [1.165, 1.54) is 25.5 Å². The maximum atomic E-state index is 13.9. The van der Waals surface area contributed by atoms with Gasteiger partial charge in [0, 0.05) is 5.56 Å². The lowest BCUT2D eigenvalue weighted by Gasteiger charge is -2.12. The monoisotopic (exact) mass is 522 g/mol. The standard InChI is InChI=1S/C22H21BrClFN4O3/c1-13-22(23)14(2)29(28-13)11-21(30)27-26-10-15-7-8-19(20(9-15)31-3)32-12-16-17(24)5-4-6-18(16)25/h4-10H,11-12H2,1-3H3,(H,27,30)/b26-10+. The minimum Gasteiger partial charge on any atom is -0.493 e. The SMILES string of the molecule is COc1cc(/C=N/NC(=O)Cn2nc(C)c(Br)c2C)ccc1OCc1c(F)cccc1Cl. The number of hydrogen-bond donors (Lipinski definition) is 1. The molecule has 1 heterocycles. The van der Waals surface area contributed by atoms with Crippen LogP contribution < -0.4 is 14.9 Å². The van der Waals surface area contributed by atoms with Crippen molar-refractivity contribution in [1.82, 2.24) is 15.2 Å². The number of carbonyl (C=O) groups is 1. The van der Waals surface area contributed by atoms with Gasteiger partial charge in [-0.3, -0.25) is 9.48 Å². The lowest BCUT2D eigenvalue weighted by Crippen LogP contribution is -2.24. The Labute approximate surface area is 198 Å². The highest BCUT2D eigenvalue weighted by molar-refractivity contribution is 9.10. The van der Waals surface area contributed by atoms with E-state index in [2.05, 4.69) is 31.6 Å². The van der Waals surface area contributed by atoms with Crippen molar-refractivity contribution in [2.24, 2.45) is 5.10 Å². The number of ether oxygens (including phenoxy) is 2. The Morgan fingerprint density at radius 2 is 2.09 bits per heavy atom. The molecule has 0 saturated carbocycles. The molecule has 1 N–H and O–H groups in total. The molecular weight excluding hydrogens is 503 g/mol. The molecule has 0 unspecified atom stereocenters. The van der Waals surface area contributed by atoms with Crippen LogP contribution in [0.4, 0.5) is 4.39 Å². The maximum Gasteiger partial charge on any atom is 0.261 e. The molecule has 0 radical (unpaired) electrons. The van der Waals surface area contributed by atoms with Gasteiger partial charge in [0.15, 0.2) is 11.5 Å². The molecule has 0 aliphatic rings. The van der Waals surface area contributed by atoms with Gasteiger partial charge in [-0.15, -0.1) is 0 Å². The van der Waals surface area contributed by atoms with Crippen molar-refractivity contribution in [2.45, 2.75) is 27.0 Å². The number of aryl methyl sites for hydroxylation is 1. The molecule has 0 aliphatic heterocycles. The second-order valence-corrected chi connectivity index (χ2v) is 8.04. The average Bonchev–Trinajstić information content (AvgIpc) is 3.00. The van der Waals surface area contributed by atoms with Crippen LogP contribution in [0.3, 0.4) is 0 Å². The summed E-state index contributed by atoms with van der Waals surface area (Å²) in [6, 6.07) is 9.54. The van der Waals surface area contributed by atoms with Crippen molar-refractivity contribution >= 4 is 39.7 Å². The normalized spacial score (nSPS) is 11.1. The van der Waals surface area contributed by atoms with Gasteiger partial charge in [0.25, 0.3) is 5.91 Å². The largest absolute Gasteiger partial charge is 0.493 e. The summed E-state index contributed by atoms with van der Waals surface area (Å²) in [6.45, 7) is 3.73. The number of benzene rings is 2. The minimum absolute atomic E-state index is 0.0459. The van der Waals surface area contributed by atoms with Crippen LogP contribution in [0.15, 0.2) is 46.0 Å². The molecule has 0 aliphatic carbocycles. The van der Waals surface area contributed by atoms with Crippen LogP contribution in [0.2, 0.25) is 5.02 Å². The first-order chi connectivity index (χ1) is 15.3. The Balaban J connectivity index is 1.62. The summed E-state index contributed by atoms with van der Waals surface area (Å²) in [5, 5.41) is 8.56. The van der Waals surface area contributed by atoms with Gasteiger partial charge in [0.1, 0.15) is 19.0 Å². The third-order valence-corrected chi connectivity index (χ3v) is 6.11. The number of rotatable bonds is 8.